The average molecular weight is 279 g/mol. The minimum atomic E-state index is -0.440. The van der Waals surface area contributed by atoms with E-state index in [1.807, 2.05) is 6.92 Å². The molecule has 1 unspecified atom stereocenters. The van der Waals surface area contributed by atoms with Crippen LogP contribution in [-0.4, -0.2) is 31.9 Å². The Morgan fingerprint density at radius 2 is 2.35 bits per heavy atom. The summed E-state index contributed by atoms with van der Waals surface area (Å²) in [4.78, 5) is 12.1. The van der Waals surface area contributed by atoms with E-state index in [1.54, 1.807) is 18.2 Å². The molecule has 1 aliphatic heterocycles. The molecule has 1 fully saturated rings. The summed E-state index contributed by atoms with van der Waals surface area (Å²) >= 11 is 0. The zero-order valence-electron chi connectivity index (χ0n) is 11.8. The van der Waals surface area contributed by atoms with Crippen molar-refractivity contribution in [3.63, 3.8) is 0 Å². The summed E-state index contributed by atoms with van der Waals surface area (Å²) < 4.78 is 16.2. The molecule has 0 spiro atoms. The standard InChI is InChI=1S/C15H21NO4/c1-2-18-13-7-3-6-12(16)14(13)15(17)20-10-8-11-5-4-9-19-11/h3,6-7,11H,2,4-5,8-10,16H2,1H3. The van der Waals surface area contributed by atoms with Crippen molar-refractivity contribution in [2.45, 2.75) is 32.3 Å². The van der Waals surface area contributed by atoms with Crippen molar-refractivity contribution in [2.24, 2.45) is 0 Å². The van der Waals surface area contributed by atoms with Crippen molar-refractivity contribution in [3.8, 4) is 5.75 Å². The molecule has 0 amide bonds. The number of hydrogen-bond donors (Lipinski definition) is 1. The smallest absolute Gasteiger partial charge is 0.344 e. The van der Waals surface area contributed by atoms with Crippen LogP contribution in [0.4, 0.5) is 5.69 Å². The molecule has 1 heterocycles. The quantitative estimate of drug-likeness (QED) is 0.639. The lowest BCUT2D eigenvalue weighted by Crippen LogP contribution is -2.15. The fourth-order valence-corrected chi connectivity index (χ4v) is 2.27. The molecular weight excluding hydrogens is 258 g/mol. The minimum absolute atomic E-state index is 0.210. The maximum absolute atomic E-state index is 12.1. The van der Waals surface area contributed by atoms with Gasteiger partial charge >= 0.3 is 5.97 Å². The minimum Gasteiger partial charge on any atom is -0.493 e. The lowest BCUT2D eigenvalue weighted by molar-refractivity contribution is 0.0383. The number of ether oxygens (including phenoxy) is 3. The van der Waals surface area contributed by atoms with Gasteiger partial charge in [-0.05, 0) is 31.9 Å². The number of carbonyl (C=O) groups excluding carboxylic acids is 1. The third kappa shape index (κ3) is 3.63. The van der Waals surface area contributed by atoms with Gasteiger partial charge in [0.1, 0.15) is 11.3 Å². The molecule has 1 aromatic carbocycles. The normalized spacial score (nSPS) is 17.9. The third-order valence-corrected chi connectivity index (χ3v) is 3.26. The molecule has 5 heteroatoms. The van der Waals surface area contributed by atoms with E-state index in [4.69, 9.17) is 19.9 Å². The van der Waals surface area contributed by atoms with Crippen LogP contribution in [0.1, 0.15) is 36.5 Å². The van der Waals surface area contributed by atoms with E-state index >= 15 is 0 Å². The largest absolute Gasteiger partial charge is 0.493 e. The number of carbonyl (C=O) groups is 1. The Morgan fingerprint density at radius 1 is 1.50 bits per heavy atom. The van der Waals surface area contributed by atoms with Gasteiger partial charge in [0.25, 0.3) is 0 Å². The Balaban J connectivity index is 1.93. The van der Waals surface area contributed by atoms with Crippen molar-refractivity contribution in [1.29, 1.82) is 0 Å². The molecule has 1 aliphatic rings. The van der Waals surface area contributed by atoms with Crippen LogP contribution in [-0.2, 0) is 9.47 Å². The summed E-state index contributed by atoms with van der Waals surface area (Å²) in [6.07, 6.45) is 3.05. The van der Waals surface area contributed by atoms with Crippen molar-refractivity contribution in [3.05, 3.63) is 23.8 Å². The molecule has 5 nitrogen and oxygen atoms in total. The first kappa shape index (κ1) is 14.7. The predicted octanol–water partition coefficient (Wildman–Crippen LogP) is 2.39. The van der Waals surface area contributed by atoms with Gasteiger partial charge in [0.2, 0.25) is 0 Å². The molecule has 20 heavy (non-hydrogen) atoms. The molecule has 1 aromatic rings. The van der Waals surface area contributed by atoms with Gasteiger partial charge in [0.05, 0.1) is 19.3 Å². The van der Waals surface area contributed by atoms with Gasteiger partial charge in [0, 0.05) is 18.7 Å². The molecule has 0 saturated carbocycles. The van der Waals surface area contributed by atoms with Gasteiger partial charge in [-0.3, -0.25) is 0 Å². The van der Waals surface area contributed by atoms with E-state index in [0.717, 1.165) is 25.9 Å². The maximum Gasteiger partial charge on any atom is 0.344 e. The first-order chi connectivity index (χ1) is 9.72. The summed E-state index contributed by atoms with van der Waals surface area (Å²) in [6.45, 7) is 3.47. The van der Waals surface area contributed by atoms with E-state index in [0.29, 0.717) is 30.2 Å². The molecule has 1 saturated heterocycles. The SMILES string of the molecule is CCOc1cccc(N)c1C(=O)OCCC1CCCO1. The molecule has 0 aliphatic carbocycles. The highest BCUT2D eigenvalue weighted by Crippen LogP contribution is 2.25. The molecule has 0 radical (unpaired) electrons. The van der Waals surface area contributed by atoms with Crippen LogP contribution in [0, 0.1) is 0 Å². The van der Waals surface area contributed by atoms with Crippen LogP contribution < -0.4 is 10.5 Å². The zero-order chi connectivity index (χ0) is 14.4. The average Bonchev–Trinajstić information content (AvgIpc) is 2.92. The van der Waals surface area contributed by atoms with Gasteiger partial charge in [-0.2, -0.15) is 0 Å². The maximum atomic E-state index is 12.1. The Labute approximate surface area is 119 Å². The van der Waals surface area contributed by atoms with Crippen LogP contribution in [0.15, 0.2) is 18.2 Å². The number of nitrogens with two attached hydrogens (primary N) is 1. The second kappa shape index (κ2) is 7.14. The number of anilines is 1. The van der Waals surface area contributed by atoms with Crippen molar-refractivity contribution >= 4 is 11.7 Å². The second-order valence-corrected chi connectivity index (χ2v) is 4.71. The van der Waals surface area contributed by atoms with Crippen molar-refractivity contribution in [2.75, 3.05) is 25.6 Å². The van der Waals surface area contributed by atoms with Crippen LogP contribution >= 0.6 is 0 Å². The molecule has 2 rings (SSSR count). The molecule has 1 atom stereocenters. The van der Waals surface area contributed by atoms with Gasteiger partial charge in [-0.1, -0.05) is 6.07 Å². The lowest BCUT2D eigenvalue weighted by atomic mass is 10.1. The van der Waals surface area contributed by atoms with E-state index < -0.39 is 5.97 Å². The summed E-state index contributed by atoms with van der Waals surface area (Å²) in [5.74, 6) is 0.0270. The number of benzene rings is 1. The Morgan fingerprint density at radius 3 is 3.05 bits per heavy atom. The topological polar surface area (TPSA) is 70.8 Å². The van der Waals surface area contributed by atoms with Crippen LogP contribution in [0.2, 0.25) is 0 Å². The number of rotatable bonds is 6. The van der Waals surface area contributed by atoms with Gasteiger partial charge in [0.15, 0.2) is 0 Å². The molecule has 0 bridgehead atoms. The van der Waals surface area contributed by atoms with E-state index in [2.05, 4.69) is 0 Å². The lowest BCUT2D eigenvalue weighted by Gasteiger charge is -2.13. The molecular formula is C15H21NO4. The highest BCUT2D eigenvalue weighted by Gasteiger charge is 2.19. The zero-order valence-corrected chi connectivity index (χ0v) is 11.8. The molecule has 110 valence electrons. The molecule has 2 N–H and O–H groups in total. The number of nitrogen functional groups attached to an aromatic ring is 1. The predicted molar refractivity (Wildman–Crippen MR) is 75.9 cm³/mol. The van der Waals surface area contributed by atoms with E-state index in [9.17, 15) is 4.79 Å². The summed E-state index contributed by atoms with van der Waals surface area (Å²) in [5, 5.41) is 0. The van der Waals surface area contributed by atoms with E-state index in [-0.39, 0.29) is 6.10 Å². The summed E-state index contributed by atoms with van der Waals surface area (Å²) in [7, 11) is 0. The number of hydrogen-bond acceptors (Lipinski definition) is 5. The third-order valence-electron chi connectivity index (χ3n) is 3.26. The summed E-state index contributed by atoms with van der Waals surface area (Å²) in [5.41, 5.74) is 6.52. The van der Waals surface area contributed by atoms with Crippen molar-refractivity contribution < 1.29 is 19.0 Å². The van der Waals surface area contributed by atoms with Gasteiger partial charge in [-0.15, -0.1) is 0 Å². The highest BCUT2D eigenvalue weighted by atomic mass is 16.5. The summed E-state index contributed by atoms with van der Waals surface area (Å²) in [6, 6.07) is 5.14. The fourth-order valence-electron chi connectivity index (χ4n) is 2.27. The van der Waals surface area contributed by atoms with Crippen LogP contribution in [0.25, 0.3) is 0 Å². The monoisotopic (exact) mass is 279 g/mol. The Bertz CT molecular complexity index is 455. The molecule has 0 aromatic heterocycles. The highest BCUT2D eigenvalue weighted by molar-refractivity contribution is 5.98. The Kier molecular flexibility index (Phi) is 5.24. The van der Waals surface area contributed by atoms with Crippen LogP contribution in [0.5, 0.6) is 5.75 Å². The van der Waals surface area contributed by atoms with Gasteiger partial charge < -0.3 is 19.9 Å². The fraction of sp³-hybridized carbons (Fsp3) is 0.533. The van der Waals surface area contributed by atoms with Gasteiger partial charge in [-0.25, -0.2) is 4.79 Å². The van der Waals surface area contributed by atoms with Crippen molar-refractivity contribution in [1.82, 2.24) is 0 Å². The first-order valence-corrected chi connectivity index (χ1v) is 7.02. The van der Waals surface area contributed by atoms with Crippen LogP contribution in [0.3, 0.4) is 0 Å². The second-order valence-electron chi connectivity index (χ2n) is 4.71. The number of esters is 1. The van der Waals surface area contributed by atoms with E-state index in [1.165, 1.54) is 0 Å². The Hall–Kier alpha value is -1.75. The first-order valence-electron chi connectivity index (χ1n) is 7.02.